The number of benzene rings is 2. The molecule has 33 heavy (non-hydrogen) atoms. The molecule has 0 saturated carbocycles. The molecule has 1 saturated heterocycles. The summed E-state index contributed by atoms with van der Waals surface area (Å²) < 4.78 is 0.705. The standard InChI is InChI=1S/C24H22BrN3O5/c25-20-6-2-1-5-18(20)19-11-22(31)27(13-15-4-3-9-26-12-15)23(24(19)28(32)33)16-7-8-21(30)17(10-16)14-29/h1-10,12,19,23-24,29-30H,11,13-14H2/t19-,23+,24-/m0/s1. The number of aromatic nitrogens is 1. The first-order valence-electron chi connectivity index (χ1n) is 10.4. The van der Waals surface area contributed by atoms with Crippen LogP contribution in [0.3, 0.4) is 0 Å². The SMILES string of the molecule is O=C1C[C@@H](c2ccccc2Br)[C@H]([N+](=O)[O-])[C@@H](c2ccc(O)c(CO)c2)N1Cc1cccnc1. The summed E-state index contributed by atoms with van der Waals surface area (Å²) in [6.45, 7) is -0.278. The summed E-state index contributed by atoms with van der Waals surface area (Å²) in [5, 5.41) is 32.2. The summed E-state index contributed by atoms with van der Waals surface area (Å²) in [6, 6.07) is 13.2. The molecule has 1 aliphatic heterocycles. The van der Waals surface area contributed by atoms with Crippen LogP contribution in [0, 0.1) is 10.1 Å². The van der Waals surface area contributed by atoms with Crippen molar-refractivity contribution in [3.8, 4) is 5.75 Å². The van der Waals surface area contributed by atoms with Gasteiger partial charge in [-0.25, -0.2) is 0 Å². The fraction of sp³-hybridized carbons (Fsp3) is 0.250. The summed E-state index contributed by atoms with van der Waals surface area (Å²) in [7, 11) is 0. The van der Waals surface area contributed by atoms with Gasteiger partial charge in [-0.05, 0) is 41.0 Å². The van der Waals surface area contributed by atoms with Gasteiger partial charge < -0.3 is 15.1 Å². The number of nitrogens with zero attached hydrogens (tertiary/aromatic N) is 3. The molecule has 1 fully saturated rings. The Morgan fingerprint density at radius 2 is 1.97 bits per heavy atom. The zero-order valence-electron chi connectivity index (χ0n) is 17.5. The van der Waals surface area contributed by atoms with Gasteiger partial charge in [0.05, 0.1) is 12.5 Å². The van der Waals surface area contributed by atoms with Crippen molar-refractivity contribution in [2.24, 2.45) is 0 Å². The summed E-state index contributed by atoms with van der Waals surface area (Å²) >= 11 is 3.48. The Hall–Kier alpha value is -3.30. The highest BCUT2D eigenvalue weighted by Crippen LogP contribution is 2.44. The predicted octanol–water partition coefficient (Wildman–Crippen LogP) is 3.94. The van der Waals surface area contributed by atoms with Crippen LogP contribution in [0.15, 0.2) is 71.5 Å². The van der Waals surface area contributed by atoms with E-state index in [9.17, 15) is 25.1 Å². The lowest BCUT2D eigenvalue weighted by Gasteiger charge is -2.41. The van der Waals surface area contributed by atoms with E-state index in [2.05, 4.69) is 20.9 Å². The van der Waals surface area contributed by atoms with Crippen LogP contribution >= 0.6 is 15.9 Å². The molecule has 1 amide bonds. The summed E-state index contributed by atoms with van der Waals surface area (Å²) in [4.78, 5) is 31.2. The maximum Gasteiger partial charge on any atom is 0.244 e. The maximum absolute atomic E-state index is 13.4. The minimum atomic E-state index is -1.14. The maximum atomic E-state index is 13.4. The van der Waals surface area contributed by atoms with Gasteiger partial charge in [-0.2, -0.15) is 0 Å². The van der Waals surface area contributed by atoms with Crippen molar-refractivity contribution >= 4 is 21.8 Å². The van der Waals surface area contributed by atoms with Gasteiger partial charge in [0.2, 0.25) is 11.9 Å². The molecule has 0 aliphatic carbocycles. The molecule has 3 atom stereocenters. The van der Waals surface area contributed by atoms with Gasteiger partial charge in [-0.1, -0.05) is 46.3 Å². The second-order valence-corrected chi connectivity index (χ2v) is 8.84. The van der Waals surface area contributed by atoms with Gasteiger partial charge in [-0.3, -0.25) is 19.9 Å². The number of aromatic hydroxyl groups is 1. The average molecular weight is 512 g/mol. The first-order valence-corrected chi connectivity index (χ1v) is 11.2. The van der Waals surface area contributed by atoms with E-state index in [1.54, 1.807) is 42.7 Å². The van der Waals surface area contributed by atoms with E-state index < -0.39 is 24.6 Å². The van der Waals surface area contributed by atoms with Crippen molar-refractivity contribution in [3.05, 3.63) is 104 Å². The molecule has 170 valence electrons. The zero-order chi connectivity index (χ0) is 23.5. The van der Waals surface area contributed by atoms with Crippen LogP contribution in [0.4, 0.5) is 0 Å². The quantitative estimate of drug-likeness (QED) is 0.382. The highest BCUT2D eigenvalue weighted by molar-refractivity contribution is 9.10. The van der Waals surface area contributed by atoms with Crippen LogP contribution in [-0.2, 0) is 17.9 Å². The molecular weight excluding hydrogens is 490 g/mol. The third-order valence-electron chi connectivity index (χ3n) is 6.03. The van der Waals surface area contributed by atoms with Gasteiger partial charge in [0.1, 0.15) is 11.8 Å². The fourth-order valence-corrected chi connectivity index (χ4v) is 5.06. The predicted molar refractivity (Wildman–Crippen MR) is 124 cm³/mol. The van der Waals surface area contributed by atoms with Crippen molar-refractivity contribution in [2.45, 2.75) is 37.6 Å². The number of hydrogen-bond donors (Lipinski definition) is 2. The molecule has 2 heterocycles. The lowest BCUT2D eigenvalue weighted by molar-refractivity contribution is -0.537. The number of nitro groups is 1. The van der Waals surface area contributed by atoms with Gasteiger partial charge in [0.15, 0.2) is 0 Å². The van der Waals surface area contributed by atoms with E-state index in [4.69, 9.17) is 0 Å². The minimum Gasteiger partial charge on any atom is -0.508 e. The number of phenols is 1. The largest absolute Gasteiger partial charge is 0.508 e. The molecule has 0 unspecified atom stereocenters. The fourth-order valence-electron chi connectivity index (χ4n) is 4.49. The number of piperidine rings is 1. The Morgan fingerprint density at radius 3 is 2.64 bits per heavy atom. The monoisotopic (exact) mass is 511 g/mol. The molecule has 9 heteroatoms. The van der Waals surface area contributed by atoms with Crippen LogP contribution in [-0.4, -0.2) is 37.0 Å². The van der Waals surface area contributed by atoms with Crippen LogP contribution < -0.4 is 0 Å². The van der Waals surface area contributed by atoms with Gasteiger partial charge >= 0.3 is 0 Å². The van der Waals surface area contributed by atoms with E-state index in [1.165, 1.54) is 17.0 Å². The molecule has 0 bridgehead atoms. The molecule has 3 aromatic rings. The van der Waals surface area contributed by atoms with Crippen LogP contribution in [0.2, 0.25) is 0 Å². The van der Waals surface area contributed by atoms with E-state index in [-0.39, 0.29) is 35.1 Å². The lowest BCUT2D eigenvalue weighted by atomic mass is 9.78. The molecule has 8 nitrogen and oxygen atoms in total. The van der Waals surface area contributed by atoms with Gasteiger partial charge in [0.25, 0.3) is 0 Å². The number of hydrogen-bond acceptors (Lipinski definition) is 6. The van der Waals surface area contributed by atoms with Crippen molar-refractivity contribution in [1.82, 2.24) is 9.88 Å². The summed E-state index contributed by atoms with van der Waals surface area (Å²) in [5.74, 6) is -0.992. The normalized spacial score (nSPS) is 20.6. The Labute approximate surface area is 198 Å². The van der Waals surface area contributed by atoms with Crippen LogP contribution in [0.1, 0.15) is 40.6 Å². The molecule has 2 N–H and O–H groups in total. The second-order valence-electron chi connectivity index (χ2n) is 7.98. The molecule has 0 radical (unpaired) electrons. The average Bonchev–Trinajstić information content (AvgIpc) is 2.81. The number of carbonyl (C=O) groups excluding carboxylic acids is 1. The second kappa shape index (κ2) is 9.68. The Morgan fingerprint density at radius 1 is 1.18 bits per heavy atom. The van der Waals surface area contributed by atoms with Crippen LogP contribution in [0.5, 0.6) is 5.75 Å². The third kappa shape index (κ3) is 4.60. The molecule has 1 aromatic heterocycles. The molecule has 1 aliphatic rings. The number of likely N-dealkylation sites (tertiary alicyclic amines) is 1. The Kier molecular flexibility index (Phi) is 6.71. The number of aliphatic hydroxyl groups excluding tert-OH is 1. The minimum absolute atomic E-state index is 0.0179. The van der Waals surface area contributed by atoms with Crippen molar-refractivity contribution < 1.29 is 19.9 Å². The number of rotatable bonds is 6. The van der Waals surface area contributed by atoms with Crippen LogP contribution in [0.25, 0.3) is 0 Å². The third-order valence-corrected chi connectivity index (χ3v) is 6.75. The number of pyridine rings is 1. The first kappa shape index (κ1) is 22.9. The summed E-state index contributed by atoms with van der Waals surface area (Å²) in [6.07, 6.45) is 3.23. The smallest absolute Gasteiger partial charge is 0.244 e. The lowest BCUT2D eigenvalue weighted by Crippen LogP contribution is -2.51. The Balaban J connectivity index is 1.86. The first-order chi connectivity index (χ1) is 15.9. The van der Waals surface area contributed by atoms with Crippen molar-refractivity contribution in [1.29, 1.82) is 0 Å². The van der Waals surface area contributed by atoms with E-state index in [0.717, 1.165) is 5.56 Å². The Bertz CT molecular complexity index is 1170. The highest BCUT2D eigenvalue weighted by atomic mass is 79.9. The van der Waals surface area contributed by atoms with Crippen molar-refractivity contribution in [2.75, 3.05) is 0 Å². The highest BCUT2D eigenvalue weighted by Gasteiger charge is 2.51. The molecule has 2 aromatic carbocycles. The number of amides is 1. The van der Waals surface area contributed by atoms with E-state index in [1.807, 2.05) is 12.1 Å². The zero-order valence-corrected chi connectivity index (χ0v) is 19.1. The number of aliphatic hydroxyl groups is 1. The van der Waals surface area contributed by atoms with E-state index in [0.29, 0.717) is 15.6 Å². The number of carbonyl (C=O) groups is 1. The molecular formula is C24H22BrN3O5. The van der Waals surface area contributed by atoms with Gasteiger partial charge in [0, 0.05) is 40.3 Å². The topological polar surface area (TPSA) is 117 Å². The number of halogens is 1. The van der Waals surface area contributed by atoms with Gasteiger partial charge in [-0.15, -0.1) is 0 Å². The van der Waals surface area contributed by atoms with E-state index >= 15 is 0 Å². The molecule has 4 rings (SSSR count). The summed E-state index contributed by atoms with van der Waals surface area (Å²) in [5.41, 5.74) is 2.16. The van der Waals surface area contributed by atoms with Crippen molar-refractivity contribution in [3.63, 3.8) is 0 Å². The molecule has 0 spiro atoms.